The number of thiazole rings is 1. The number of fused-ring (bicyclic) bond motifs is 1. The second-order valence-corrected chi connectivity index (χ2v) is 6.30. The van der Waals surface area contributed by atoms with Gasteiger partial charge in [-0.25, -0.2) is 4.98 Å². The molecule has 3 aromatic rings. The molecular weight excluding hydrogens is 356 g/mol. The van der Waals surface area contributed by atoms with Crippen molar-refractivity contribution < 1.29 is 14.5 Å². The molecule has 8 nitrogen and oxygen atoms in total. The molecule has 0 saturated carbocycles. The number of imide groups is 1. The Bertz CT molecular complexity index is 1010. The number of benzene rings is 2. The lowest BCUT2D eigenvalue weighted by atomic mass is 10.1. The monoisotopic (exact) mass is 366 g/mol. The van der Waals surface area contributed by atoms with Crippen LogP contribution in [0.1, 0.15) is 20.7 Å². The van der Waals surface area contributed by atoms with Gasteiger partial charge in [-0.3, -0.25) is 25.1 Å². The molecule has 0 bridgehead atoms. The van der Waals surface area contributed by atoms with Crippen LogP contribution in [-0.4, -0.2) is 26.7 Å². The number of nitrogens with zero attached hydrogens (tertiary/aromatic N) is 3. The van der Waals surface area contributed by atoms with Gasteiger partial charge in [0.05, 0.1) is 21.7 Å². The maximum atomic E-state index is 12.3. The van der Waals surface area contributed by atoms with Gasteiger partial charge in [-0.1, -0.05) is 12.1 Å². The number of carbonyl (C=O) groups is 2. The average Bonchev–Trinajstić information content (AvgIpc) is 3.22. The standard InChI is InChI=1S/C17H10N4O4S/c22-15-12-3-1-2-4-13(12)16(23)20(15)19-17-18-14(9-26-17)10-5-7-11(8-6-10)21(24)25/h1-9H,(H,18,19). The first-order valence-electron chi connectivity index (χ1n) is 7.49. The normalized spacial score (nSPS) is 13.0. The van der Waals surface area contributed by atoms with E-state index in [1.165, 1.54) is 23.5 Å². The summed E-state index contributed by atoms with van der Waals surface area (Å²) in [5.41, 5.74) is 4.71. The summed E-state index contributed by atoms with van der Waals surface area (Å²) in [5.74, 6) is -0.865. The molecule has 1 aromatic heterocycles. The zero-order valence-electron chi connectivity index (χ0n) is 13.1. The summed E-state index contributed by atoms with van der Waals surface area (Å²) in [4.78, 5) is 39.3. The van der Waals surface area contributed by atoms with Crippen molar-refractivity contribution in [3.8, 4) is 11.3 Å². The van der Waals surface area contributed by atoms with Gasteiger partial charge >= 0.3 is 0 Å². The number of rotatable bonds is 4. The van der Waals surface area contributed by atoms with Gasteiger partial charge in [-0.15, -0.1) is 11.3 Å². The maximum absolute atomic E-state index is 12.3. The van der Waals surface area contributed by atoms with Gasteiger partial charge in [0.2, 0.25) is 5.13 Å². The topological polar surface area (TPSA) is 105 Å². The molecule has 26 heavy (non-hydrogen) atoms. The van der Waals surface area contributed by atoms with Gasteiger partial charge in [-0.2, -0.15) is 5.01 Å². The second kappa shape index (κ2) is 6.05. The van der Waals surface area contributed by atoms with E-state index in [-0.39, 0.29) is 5.69 Å². The van der Waals surface area contributed by atoms with Crippen molar-refractivity contribution in [2.45, 2.75) is 0 Å². The average molecular weight is 366 g/mol. The number of amides is 2. The van der Waals surface area contributed by atoms with Gasteiger partial charge in [0, 0.05) is 23.1 Å². The van der Waals surface area contributed by atoms with Crippen LogP contribution < -0.4 is 5.43 Å². The Balaban J connectivity index is 1.55. The van der Waals surface area contributed by atoms with Crippen molar-refractivity contribution in [2.75, 3.05) is 5.43 Å². The van der Waals surface area contributed by atoms with Crippen molar-refractivity contribution in [3.05, 3.63) is 75.2 Å². The molecule has 0 fully saturated rings. The van der Waals surface area contributed by atoms with E-state index in [4.69, 9.17) is 0 Å². The minimum atomic E-state index is -0.472. The minimum absolute atomic E-state index is 0.00615. The van der Waals surface area contributed by atoms with E-state index in [0.717, 1.165) is 5.01 Å². The molecule has 0 atom stereocenters. The van der Waals surface area contributed by atoms with Crippen LogP contribution in [0.4, 0.5) is 10.8 Å². The molecule has 0 aliphatic carbocycles. The van der Waals surface area contributed by atoms with Crippen LogP contribution in [-0.2, 0) is 0 Å². The van der Waals surface area contributed by atoms with Crippen LogP contribution in [0, 0.1) is 10.1 Å². The van der Waals surface area contributed by atoms with Gasteiger partial charge in [-0.05, 0) is 24.3 Å². The Morgan fingerprint density at radius 3 is 2.19 bits per heavy atom. The quantitative estimate of drug-likeness (QED) is 0.431. The highest BCUT2D eigenvalue weighted by Crippen LogP contribution is 2.29. The molecule has 9 heteroatoms. The Hall–Kier alpha value is -3.59. The van der Waals surface area contributed by atoms with Gasteiger partial charge in [0.25, 0.3) is 17.5 Å². The van der Waals surface area contributed by atoms with E-state index in [1.54, 1.807) is 41.8 Å². The first-order chi connectivity index (χ1) is 12.5. The first-order valence-corrected chi connectivity index (χ1v) is 8.37. The van der Waals surface area contributed by atoms with Crippen LogP contribution in [0.2, 0.25) is 0 Å². The SMILES string of the molecule is O=C1c2ccccc2C(=O)N1Nc1nc(-c2ccc([N+](=O)[O-])cc2)cs1. The number of carbonyl (C=O) groups excluding carboxylic acids is 2. The molecule has 0 spiro atoms. The fraction of sp³-hybridized carbons (Fsp3) is 0. The number of non-ortho nitro benzene ring substituents is 1. The summed E-state index contributed by atoms with van der Waals surface area (Å²) >= 11 is 1.22. The number of hydrogen-bond acceptors (Lipinski definition) is 7. The molecule has 2 amide bonds. The van der Waals surface area contributed by atoms with E-state index in [0.29, 0.717) is 27.5 Å². The van der Waals surface area contributed by atoms with Crippen molar-refractivity contribution in [1.82, 2.24) is 9.99 Å². The van der Waals surface area contributed by atoms with Crippen molar-refractivity contribution in [1.29, 1.82) is 0 Å². The number of hydrogen-bond donors (Lipinski definition) is 1. The maximum Gasteiger partial charge on any atom is 0.280 e. The molecule has 0 saturated heterocycles. The Morgan fingerprint density at radius 1 is 1.00 bits per heavy atom. The molecule has 1 aliphatic heterocycles. The van der Waals surface area contributed by atoms with Crippen LogP contribution >= 0.6 is 11.3 Å². The molecule has 4 rings (SSSR count). The molecule has 2 aromatic carbocycles. The molecule has 2 heterocycles. The van der Waals surface area contributed by atoms with Crippen LogP contribution in [0.15, 0.2) is 53.9 Å². The highest BCUT2D eigenvalue weighted by molar-refractivity contribution is 7.14. The molecule has 0 unspecified atom stereocenters. The zero-order valence-corrected chi connectivity index (χ0v) is 13.9. The smallest absolute Gasteiger partial charge is 0.267 e. The first kappa shape index (κ1) is 15.9. The lowest BCUT2D eigenvalue weighted by molar-refractivity contribution is -0.384. The number of hydrazine groups is 1. The van der Waals surface area contributed by atoms with Gasteiger partial charge in [0.15, 0.2) is 0 Å². The fourth-order valence-corrected chi connectivity index (χ4v) is 3.31. The molecule has 1 aliphatic rings. The minimum Gasteiger partial charge on any atom is -0.267 e. The van der Waals surface area contributed by atoms with Crippen molar-refractivity contribution >= 4 is 34.0 Å². The van der Waals surface area contributed by atoms with Crippen molar-refractivity contribution in [2.24, 2.45) is 0 Å². The zero-order chi connectivity index (χ0) is 18.3. The predicted octanol–water partition coefficient (Wildman–Crippen LogP) is 3.34. The van der Waals surface area contributed by atoms with Crippen LogP contribution in [0.3, 0.4) is 0 Å². The predicted molar refractivity (Wildman–Crippen MR) is 94.8 cm³/mol. The fourth-order valence-electron chi connectivity index (χ4n) is 2.60. The van der Waals surface area contributed by atoms with Gasteiger partial charge < -0.3 is 0 Å². The van der Waals surface area contributed by atoms with E-state index in [2.05, 4.69) is 10.4 Å². The lowest BCUT2D eigenvalue weighted by Crippen LogP contribution is -2.35. The molecule has 0 radical (unpaired) electrons. The third kappa shape index (κ3) is 2.60. The number of nitrogens with one attached hydrogen (secondary N) is 1. The van der Waals surface area contributed by atoms with E-state index < -0.39 is 16.7 Å². The number of anilines is 1. The number of nitro benzene ring substituents is 1. The summed E-state index contributed by atoms with van der Waals surface area (Å²) in [7, 11) is 0. The van der Waals surface area contributed by atoms with E-state index in [9.17, 15) is 19.7 Å². The van der Waals surface area contributed by atoms with Gasteiger partial charge in [0.1, 0.15) is 0 Å². The summed E-state index contributed by atoms with van der Waals surface area (Å²) < 4.78 is 0. The largest absolute Gasteiger partial charge is 0.280 e. The number of nitro groups is 1. The van der Waals surface area contributed by atoms with Crippen LogP contribution in [0.25, 0.3) is 11.3 Å². The lowest BCUT2D eigenvalue weighted by Gasteiger charge is -2.13. The highest BCUT2D eigenvalue weighted by Gasteiger charge is 2.36. The summed E-state index contributed by atoms with van der Waals surface area (Å²) in [6, 6.07) is 12.6. The summed E-state index contributed by atoms with van der Waals surface area (Å²) in [5, 5.41) is 13.8. The second-order valence-electron chi connectivity index (χ2n) is 5.44. The molecule has 128 valence electrons. The molecule has 1 N–H and O–H groups in total. The third-order valence-corrected chi connectivity index (χ3v) is 4.63. The van der Waals surface area contributed by atoms with Crippen LogP contribution in [0.5, 0.6) is 0 Å². The third-order valence-electron chi connectivity index (χ3n) is 3.88. The van der Waals surface area contributed by atoms with E-state index in [1.807, 2.05) is 0 Å². The van der Waals surface area contributed by atoms with E-state index >= 15 is 0 Å². The van der Waals surface area contributed by atoms with Crippen molar-refractivity contribution in [3.63, 3.8) is 0 Å². The number of aromatic nitrogens is 1. The molecular formula is C17H10N4O4S. The Labute approximate surface area is 150 Å². The highest BCUT2D eigenvalue weighted by atomic mass is 32.1. The Morgan fingerprint density at radius 2 is 1.62 bits per heavy atom. The summed E-state index contributed by atoms with van der Waals surface area (Å²) in [6.07, 6.45) is 0. The summed E-state index contributed by atoms with van der Waals surface area (Å²) in [6.45, 7) is 0. The Kier molecular flexibility index (Phi) is 3.70.